The molecule has 0 heterocycles. The first kappa shape index (κ1) is 14.6. The SMILES string of the molecule is CCSC(CC)(C(=O)NO)C(S)C(N)=O. The zero-order chi connectivity index (χ0) is 12.1. The average Bonchev–Trinajstić information content (AvgIpc) is 2.23. The van der Waals surface area contributed by atoms with Gasteiger partial charge in [0.15, 0.2) is 0 Å². The monoisotopic (exact) mass is 252 g/mol. The molecule has 5 nitrogen and oxygen atoms in total. The zero-order valence-corrected chi connectivity index (χ0v) is 10.4. The number of carbonyl (C=O) groups excluding carboxylic acids is 2. The Hall–Kier alpha value is -0.400. The molecule has 0 fully saturated rings. The first-order chi connectivity index (χ1) is 6.96. The van der Waals surface area contributed by atoms with Gasteiger partial charge in [0.2, 0.25) is 5.91 Å². The average molecular weight is 252 g/mol. The van der Waals surface area contributed by atoms with Gasteiger partial charge in [-0.05, 0) is 12.2 Å². The third-order valence-electron chi connectivity index (χ3n) is 2.12. The van der Waals surface area contributed by atoms with E-state index < -0.39 is 21.8 Å². The topological polar surface area (TPSA) is 92.4 Å². The molecule has 0 radical (unpaired) electrons. The molecule has 2 atom stereocenters. The van der Waals surface area contributed by atoms with Gasteiger partial charge in [0.1, 0.15) is 10.00 Å². The number of nitrogens with two attached hydrogens (primary N) is 1. The summed E-state index contributed by atoms with van der Waals surface area (Å²) in [4.78, 5) is 22.6. The van der Waals surface area contributed by atoms with Gasteiger partial charge in [0, 0.05) is 0 Å². The molecule has 0 saturated carbocycles. The molecule has 0 aliphatic rings. The Kier molecular flexibility index (Phi) is 6.07. The van der Waals surface area contributed by atoms with Crippen molar-refractivity contribution in [3.05, 3.63) is 0 Å². The molecule has 0 aromatic heterocycles. The van der Waals surface area contributed by atoms with Crippen molar-refractivity contribution >= 4 is 36.2 Å². The number of hydroxylamine groups is 1. The summed E-state index contributed by atoms with van der Waals surface area (Å²) >= 11 is 5.29. The highest BCUT2D eigenvalue weighted by Gasteiger charge is 2.45. The number of carbonyl (C=O) groups is 2. The van der Waals surface area contributed by atoms with Crippen LogP contribution in [0.15, 0.2) is 0 Å². The van der Waals surface area contributed by atoms with Crippen LogP contribution < -0.4 is 11.2 Å². The van der Waals surface area contributed by atoms with Gasteiger partial charge in [-0.3, -0.25) is 14.8 Å². The van der Waals surface area contributed by atoms with Crippen LogP contribution in [0.2, 0.25) is 0 Å². The second-order valence-electron chi connectivity index (χ2n) is 2.92. The molecular weight excluding hydrogens is 236 g/mol. The highest BCUT2D eigenvalue weighted by Crippen LogP contribution is 2.35. The van der Waals surface area contributed by atoms with Crippen molar-refractivity contribution in [3.8, 4) is 0 Å². The van der Waals surface area contributed by atoms with Crippen molar-refractivity contribution < 1.29 is 14.8 Å². The highest BCUT2D eigenvalue weighted by molar-refractivity contribution is 8.02. The third-order valence-corrected chi connectivity index (χ3v) is 4.51. The fourth-order valence-electron chi connectivity index (χ4n) is 1.31. The molecule has 15 heavy (non-hydrogen) atoms. The third kappa shape index (κ3) is 3.02. The van der Waals surface area contributed by atoms with Gasteiger partial charge in [0.25, 0.3) is 5.91 Å². The van der Waals surface area contributed by atoms with E-state index in [0.717, 1.165) is 0 Å². The lowest BCUT2D eigenvalue weighted by atomic mass is 9.99. The van der Waals surface area contributed by atoms with Gasteiger partial charge < -0.3 is 5.73 Å². The largest absolute Gasteiger partial charge is 0.369 e. The normalized spacial score (nSPS) is 16.5. The van der Waals surface area contributed by atoms with Crippen LogP contribution in [0.4, 0.5) is 0 Å². The molecule has 2 amide bonds. The van der Waals surface area contributed by atoms with Crippen molar-refractivity contribution in [2.75, 3.05) is 5.75 Å². The number of hydrogen-bond donors (Lipinski definition) is 4. The predicted octanol–water partition coefficient (Wildman–Crippen LogP) is 0.177. The zero-order valence-electron chi connectivity index (χ0n) is 8.69. The summed E-state index contributed by atoms with van der Waals surface area (Å²) in [6.45, 7) is 3.59. The molecule has 0 saturated heterocycles. The number of amides is 2. The molecule has 0 bridgehead atoms. The number of thioether (sulfide) groups is 1. The highest BCUT2D eigenvalue weighted by atomic mass is 32.2. The maximum atomic E-state index is 11.6. The van der Waals surface area contributed by atoms with Crippen LogP contribution in [0.1, 0.15) is 20.3 Å². The van der Waals surface area contributed by atoms with E-state index in [0.29, 0.717) is 12.2 Å². The molecule has 0 aliphatic carbocycles. The van der Waals surface area contributed by atoms with Crippen molar-refractivity contribution in [2.45, 2.75) is 30.3 Å². The summed E-state index contributed by atoms with van der Waals surface area (Å²) in [7, 11) is 0. The Morgan fingerprint density at radius 3 is 2.40 bits per heavy atom. The van der Waals surface area contributed by atoms with E-state index in [9.17, 15) is 9.59 Å². The predicted molar refractivity (Wildman–Crippen MR) is 63.1 cm³/mol. The maximum absolute atomic E-state index is 11.6. The fraction of sp³-hybridized carbons (Fsp3) is 0.750. The first-order valence-corrected chi connectivity index (χ1v) is 6.02. The summed E-state index contributed by atoms with van der Waals surface area (Å²) in [5.74, 6) is -0.702. The molecular formula is C8H16N2O3S2. The van der Waals surface area contributed by atoms with Gasteiger partial charge in [-0.2, -0.15) is 12.6 Å². The standard InChI is InChI=1S/C8H16N2O3S2/c1-3-8(15-4-2,7(12)10-13)5(14)6(9)11/h5,13-14H,3-4H2,1-2H3,(H2,9,11)(H,10,12). The summed E-state index contributed by atoms with van der Waals surface area (Å²) in [5, 5.41) is 7.73. The number of nitrogens with one attached hydrogen (secondary N) is 1. The van der Waals surface area contributed by atoms with Crippen molar-refractivity contribution in [1.82, 2.24) is 5.48 Å². The molecule has 4 N–H and O–H groups in total. The lowest BCUT2D eigenvalue weighted by molar-refractivity contribution is -0.133. The lowest BCUT2D eigenvalue weighted by Gasteiger charge is -2.32. The summed E-state index contributed by atoms with van der Waals surface area (Å²) < 4.78 is -1.11. The summed E-state index contributed by atoms with van der Waals surface area (Å²) in [6, 6.07) is 0. The van der Waals surface area contributed by atoms with Crippen LogP contribution in [-0.4, -0.2) is 32.8 Å². The summed E-state index contributed by atoms with van der Waals surface area (Å²) in [5.41, 5.74) is 6.69. The Balaban J connectivity index is 5.13. The molecule has 0 rings (SSSR count). The Labute approximate surface area is 98.5 Å². The molecule has 88 valence electrons. The van der Waals surface area contributed by atoms with Crippen molar-refractivity contribution in [1.29, 1.82) is 0 Å². The second kappa shape index (κ2) is 6.24. The van der Waals surface area contributed by atoms with Crippen molar-refractivity contribution in [2.24, 2.45) is 5.73 Å². The van der Waals surface area contributed by atoms with Crippen molar-refractivity contribution in [3.63, 3.8) is 0 Å². The molecule has 0 aliphatic heterocycles. The van der Waals surface area contributed by atoms with E-state index in [4.69, 9.17) is 10.9 Å². The van der Waals surface area contributed by atoms with Crippen LogP contribution in [0.5, 0.6) is 0 Å². The van der Waals surface area contributed by atoms with Crippen LogP contribution >= 0.6 is 24.4 Å². The van der Waals surface area contributed by atoms with Gasteiger partial charge in [-0.1, -0.05) is 13.8 Å². The summed E-state index contributed by atoms with van der Waals surface area (Å²) in [6.07, 6.45) is 0.356. The lowest BCUT2D eigenvalue weighted by Crippen LogP contribution is -2.54. The number of rotatable bonds is 6. The van der Waals surface area contributed by atoms with E-state index in [1.165, 1.54) is 11.8 Å². The Bertz CT molecular complexity index is 250. The minimum atomic E-state index is -1.11. The fourth-order valence-corrected chi connectivity index (χ4v) is 3.00. The Morgan fingerprint density at radius 2 is 2.13 bits per heavy atom. The minimum absolute atomic E-state index is 0.356. The van der Waals surface area contributed by atoms with E-state index >= 15 is 0 Å². The van der Waals surface area contributed by atoms with Gasteiger partial charge in [-0.25, -0.2) is 5.48 Å². The van der Waals surface area contributed by atoms with E-state index in [-0.39, 0.29) is 0 Å². The molecule has 0 aromatic carbocycles. The number of thiol groups is 1. The van der Waals surface area contributed by atoms with Gasteiger partial charge >= 0.3 is 0 Å². The minimum Gasteiger partial charge on any atom is -0.369 e. The van der Waals surface area contributed by atoms with Crippen LogP contribution in [-0.2, 0) is 9.59 Å². The maximum Gasteiger partial charge on any atom is 0.261 e. The molecule has 7 heteroatoms. The van der Waals surface area contributed by atoms with Gasteiger partial charge in [-0.15, -0.1) is 11.8 Å². The van der Waals surface area contributed by atoms with Crippen LogP contribution in [0, 0.1) is 0 Å². The van der Waals surface area contributed by atoms with E-state index in [1.54, 1.807) is 12.4 Å². The molecule has 2 unspecified atom stereocenters. The van der Waals surface area contributed by atoms with E-state index in [1.807, 2.05) is 6.92 Å². The Morgan fingerprint density at radius 1 is 1.60 bits per heavy atom. The molecule has 0 aromatic rings. The quantitative estimate of drug-likeness (QED) is 0.308. The van der Waals surface area contributed by atoms with Crippen LogP contribution in [0.3, 0.4) is 0 Å². The smallest absolute Gasteiger partial charge is 0.261 e. The number of primary amides is 1. The number of hydrogen-bond acceptors (Lipinski definition) is 5. The van der Waals surface area contributed by atoms with E-state index in [2.05, 4.69) is 12.6 Å². The van der Waals surface area contributed by atoms with Gasteiger partial charge in [0.05, 0.1) is 0 Å². The molecule has 0 spiro atoms. The van der Waals surface area contributed by atoms with Crippen LogP contribution in [0.25, 0.3) is 0 Å². The second-order valence-corrected chi connectivity index (χ2v) is 5.03. The first-order valence-electron chi connectivity index (χ1n) is 4.52.